The van der Waals surface area contributed by atoms with Crippen LogP contribution in [0.15, 0.2) is 0 Å². The molecule has 114 valence electrons. The first-order valence-electron chi connectivity index (χ1n) is 7.45. The maximum absolute atomic E-state index is 12.4. The third-order valence-electron chi connectivity index (χ3n) is 4.64. The number of nitrogens with one attached hydrogen (secondary N) is 1. The standard InChI is InChI=1S/C14H24N2O4/c1-14(12(18)19)8-4-5-9-16(14)13(20)15-10-6-2-3-7-11(10)17/h10-11,17H,2-9H2,1H3,(H,15,20)(H,18,19). The average molecular weight is 284 g/mol. The minimum absolute atomic E-state index is 0.253. The molecule has 0 bridgehead atoms. The number of carboxylic acids is 1. The number of aliphatic hydroxyl groups is 1. The van der Waals surface area contributed by atoms with Gasteiger partial charge in [-0.05, 0) is 39.0 Å². The number of hydrogen-bond donors (Lipinski definition) is 3. The third kappa shape index (κ3) is 2.90. The van der Waals surface area contributed by atoms with E-state index >= 15 is 0 Å². The van der Waals surface area contributed by atoms with E-state index in [0.717, 1.165) is 32.1 Å². The zero-order chi connectivity index (χ0) is 14.8. The van der Waals surface area contributed by atoms with Crippen molar-refractivity contribution in [3.05, 3.63) is 0 Å². The molecule has 3 unspecified atom stereocenters. The molecule has 2 fully saturated rings. The molecule has 20 heavy (non-hydrogen) atoms. The van der Waals surface area contributed by atoms with Crippen molar-refractivity contribution < 1.29 is 19.8 Å². The fraction of sp³-hybridized carbons (Fsp3) is 0.857. The minimum atomic E-state index is -1.14. The summed E-state index contributed by atoms with van der Waals surface area (Å²) in [5.74, 6) is -0.962. The van der Waals surface area contributed by atoms with Crippen LogP contribution >= 0.6 is 0 Å². The van der Waals surface area contributed by atoms with Crippen molar-refractivity contribution in [2.45, 2.75) is 69.6 Å². The molecule has 0 aromatic carbocycles. The fourth-order valence-electron chi connectivity index (χ4n) is 3.19. The van der Waals surface area contributed by atoms with Crippen LogP contribution in [0.3, 0.4) is 0 Å². The lowest BCUT2D eigenvalue weighted by atomic mass is 9.88. The number of nitrogens with zero attached hydrogens (tertiary/aromatic N) is 1. The Bertz CT molecular complexity index is 387. The number of urea groups is 1. The Morgan fingerprint density at radius 1 is 1.20 bits per heavy atom. The van der Waals surface area contributed by atoms with Crippen LogP contribution in [0, 0.1) is 0 Å². The lowest BCUT2D eigenvalue weighted by molar-refractivity contribution is -0.150. The normalized spacial score (nSPS) is 34.6. The smallest absolute Gasteiger partial charge is 0.329 e. The van der Waals surface area contributed by atoms with E-state index in [2.05, 4.69) is 5.32 Å². The van der Waals surface area contributed by atoms with Crippen molar-refractivity contribution in [1.82, 2.24) is 10.2 Å². The van der Waals surface area contributed by atoms with Gasteiger partial charge in [-0.3, -0.25) is 0 Å². The highest BCUT2D eigenvalue weighted by atomic mass is 16.4. The van der Waals surface area contributed by atoms with Gasteiger partial charge in [0.05, 0.1) is 12.1 Å². The lowest BCUT2D eigenvalue weighted by Crippen LogP contribution is -2.62. The average Bonchev–Trinajstić information content (AvgIpc) is 2.41. The summed E-state index contributed by atoms with van der Waals surface area (Å²) in [4.78, 5) is 25.3. The number of carbonyl (C=O) groups excluding carboxylic acids is 1. The molecule has 3 N–H and O–H groups in total. The summed E-state index contributed by atoms with van der Waals surface area (Å²) in [5, 5.41) is 22.1. The summed E-state index contributed by atoms with van der Waals surface area (Å²) in [6.07, 6.45) is 5.01. The number of aliphatic carboxylic acids is 1. The maximum Gasteiger partial charge on any atom is 0.329 e. The zero-order valence-electron chi connectivity index (χ0n) is 12.0. The van der Waals surface area contributed by atoms with Gasteiger partial charge < -0.3 is 20.4 Å². The van der Waals surface area contributed by atoms with Crippen molar-refractivity contribution in [2.24, 2.45) is 0 Å². The monoisotopic (exact) mass is 284 g/mol. The number of piperidine rings is 1. The van der Waals surface area contributed by atoms with E-state index < -0.39 is 17.6 Å². The van der Waals surface area contributed by atoms with Gasteiger partial charge >= 0.3 is 12.0 Å². The van der Waals surface area contributed by atoms with Gasteiger partial charge in [0.25, 0.3) is 0 Å². The highest BCUT2D eigenvalue weighted by molar-refractivity contribution is 5.86. The largest absolute Gasteiger partial charge is 0.480 e. The van der Waals surface area contributed by atoms with E-state index in [9.17, 15) is 19.8 Å². The van der Waals surface area contributed by atoms with E-state index in [1.807, 2.05) is 0 Å². The van der Waals surface area contributed by atoms with E-state index in [1.54, 1.807) is 6.92 Å². The van der Waals surface area contributed by atoms with E-state index in [4.69, 9.17) is 0 Å². The molecule has 1 aliphatic carbocycles. The van der Waals surface area contributed by atoms with Gasteiger partial charge in [-0.15, -0.1) is 0 Å². The molecule has 1 saturated carbocycles. The Kier molecular flexibility index (Phi) is 4.52. The van der Waals surface area contributed by atoms with Crippen LogP contribution < -0.4 is 5.32 Å². The predicted octanol–water partition coefficient (Wildman–Crippen LogP) is 1.33. The first kappa shape index (κ1) is 15.1. The maximum atomic E-state index is 12.4. The van der Waals surface area contributed by atoms with Crippen molar-refractivity contribution in [2.75, 3.05) is 6.54 Å². The SMILES string of the molecule is CC1(C(=O)O)CCCCN1C(=O)NC1CCCCC1O. The number of likely N-dealkylation sites (tertiary alicyclic amines) is 1. The summed E-state index contributed by atoms with van der Waals surface area (Å²) >= 11 is 0. The van der Waals surface area contributed by atoms with Crippen LogP contribution in [0.25, 0.3) is 0 Å². The molecule has 1 saturated heterocycles. The summed E-state index contributed by atoms with van der Waals surface area (Å²) in [5.41, 5.74) is -1.14. The Labute approximate surface area is 119 Å². The second-order valence-electron chi connectivity index (χ2n) is 6.10. The number of rotatable bonds is 2. The topological polar surface area (TPSA) is 89.9 Å². The Morgan fingerprint density at radius 3 is 2.55 bits per heavy atom. The Morgan fingerprint density at radius 2 is 1.90 bits per heavy atom. The van der Waals surface area contributed by atoms with E-state index in [1.165, 1.54) is 4.90 Å². The van der Waals surface area contributed by atoms with Gasteiger partial charge in [-0.25, -0.2) is 9.59 Å². The van der Waals surface area contributed by atoms with Gasteiger partial charge in [0, 0.05) is 6.54 Å². The fourth-order valence-corrected chi connectivity index (χ4v) is 3.19. The van der Waals surface area contributed by atoms with Gasteiger partial charge in [0.2, 0.25) is 0 Å². The minimum Gasteiger partial charge on any atom is -0.480 e. The molecule has 0 spiro atoms. The van der Waals surface area contributed by atoms with Crippen LogP contribution in [0.1, 0.15) is 51.9 Å². The first-order chi connectivity index (χ1) is 9.45. The number of aliphatic hydroxyl groups excluding tert-OH is 1. The lowest BCUT2D eigenvalue weighted by Gasteiger charge is -2.42. The zero-order valence-corrected chi connectivity index (χ0v) is 12.0. The van der Waals surface area contributed by atoms with Gasteiger partial charge in [-0.1, -0.05) is 12.8 Å². The molecule has 6 heteroatoms. The summed E-state index contributed by atoms with van der Waals surface area (Å²) in [6.45, 7) is 2.06. The van der Waals surface area contributed by atoms with Crippen LogP contribution in [-0.4, -0.2) is 51.3 Å². The van der Waals surface area contributed by atoms with Crippen LogP contribution in [0.2, 0.25) is 0 Å². The second-order valence-corrected chi connectivity index (χ2v) is 6.10. The molecule has 0 aromatic heterocycles. The van der Waals surface area contributed by atoms with E-state index in [-0.39, 0.29) is 12.1 Å². The second kappa shape index (κ2) is 5.99. The highest BCUT2D eigenvalue weighted by Gasteiger charge is 2.44. The molecule has 2 aliphatic rings. The molecule has 0 radical (unpaired) electrons. The van der Waals surface area contributed by atoms with Gasteiger partial charge in [0.1, 0.15) is 5.54 Å². The third-order valence-corrected chi connectivity index (χ3v) is 4.64. The summed E-state index contributed by atoms with van der Waals surface area (Å²) in [7, 11) is 0. The molecule has 3 atom stereocenters. The van der Waals surface area contributed by atoms with Crippen molar-refractivity contribution in [3.63, 3.8) is 0 Å². The van der Waals surface area contributed by atoms with Crippen molar-refractivity contribution >= 4 is 12.0 Å². The highest BCUT2D eigenvalue weighted by Crippen LogP contribution is 2.29. The van der Waals surface area contributed by atoms with Crippen molar-refractivity contribution in [1.29, 1.82) is 0 Å². The quantitative estimate of drug-likeness (QED) is 0.713. The summed E-state index contributed by atoms with van der Waals surface area (Å²) < 4.78 is 0. The van der Waals surface area contributed by atoms with E-state index in [0.29, 0.717) is 19.4 Å². The molecule has 6 nitrogen and oxygen atoms in total. The Balaban J connectivity index is 2.04. The van der Waals surface area contributed by atoms with Crippen LogP contribution in [0.4, 0.5) is 4.79 Å². The number of amides is 2. The first-order valence-corrected chi connectivity index (χ1v) is 7.45. The molecular formula is C14H24N2O4. The van der Waals surface area contributed by atoms with Crippen LogP contribution in [0.5, 0.6) is 0 Å². The molecule has 2 rings (SSSR count). The number of carbonyl (C=O) groups is 2. The number of hydrogen-bond acceptors (Lipinski definition) is 3. The summed E-state index contributed by atoms with van der Waals surface area (Å²) in [6, 6.07) is -0.614. The van der Waals surface area contributed by atoms with Gasteiger partial charge in [0.15, 0.2) is 0 Å². The van der Waals surface area contributed by atoms with Crippen LogP contribution in [-0.2, 0) is 4.79 Å². The molecule has 0 aromatic rings. The van der Waals surface area contributed by atoms with Crippen molar-refractivity contribution in [3.8, 4) is 0 Å². The number of carboxylic acid groups (broad SMARTS) is 1. The molecule has 2 amide bonds. The molecule has 1 heterocycles. The Hall–Kier alpha value is -1.30. The predicted molar refractivity (Wildman–Crippen MR) is 73.4 cm³/mol. The van der Waals surface area contributed by atoms with Gasteiger partial charge in [-0.2, -0.15) is 0 Å². The molecule has 1 aliphatic heterocycles. The molecular weight excluding hydrogens is 260 g/mol.